The van der Waals surface area contributed by atoms with Crippen molar-refractivity contribution in [3.05, 3.63) is 46.6 Å². The fraction of sp³-hybridized carbons (Fsp3) is 0.235. The molecule has 0 aliphatic heterocycles. The lowest BCUT2D eigenvalue weighted by molar-refractivity contribution is 0.326. The van der Waals surface area contributed by atoms with Crippen molar-refractivity contribution in [3.63, 3.8) is 0 Å². The second-order valence-corrected chi connectivity index (χ2v) is 5.64. The van der Waals surface area contributed by atoms with Gasteiger partial charge in [0.05, 0.1) is 17.9 Å². The molecule has 2 aromatic carbocycles. The first-order valence-electron chi connectivity index (χ1n) is 6.99. The molecule has 0 radical (unpaired) electrons. The molecule has 4 heteroatoms. The van der Waals surface area contributed by atoms with E-state index in [9.17, 15) is 4.79 Å². The van der Waals surface area contributed by atoms with Crippen LogP contribution in [0.3, 0.4) is 0 Å². The summed E-state index contributed by atoms with van der Waals surface area (Å²) in [5, 5.41) is 1.40. The van der Waals surface area contributed by atoms with E-state index in [0.717, 1.165) is 14.8 Å². The number of fused-ring (bicyclic) bond motifs is 2. The van der Waals surface area contributed by atoms with Crippen molar-refractivity contribution in [2.45, 2.75) is 13.8 Å². The van der Waals surface area contributed by atoms with Gasteiger partial charge in [-0.3, -0.25) is 4.79 Å². The van der Waals surface area contributed by atoms with Crippen molar-refractivity contribution in [3.8, 4) is 11.5 Å². The van der Waals surface area contributed by atoms with Gasteiger partial charge in [0.15, 0.2) is 5.43 Å². The quantitative estimate of drug-likeness (QED) is 0.677. The van der Waals surface area contributed by atoms with Crippen LogP contribution in [0.5, 0.6) is 11.5 Å². The first-order valence-corrected chi connectivity index (χ1v) is 7.81. The second kappa shape index (κ2) is 5.74. The Labute approximate surface area is 126 Å². The number of ether oxygens (including phenoxy) is 2. The monoisotopic (exact) mass is 300 g/mol. The van der Waals surface area contributed by atoms with Crippen molar-refractivity contribution in [1.82, 2.24) is 0 Å². The summed E-state index contributed by atoms with van der Waals surface area (Å²) >= 11 is 1.58. The molecule has 3 rings (SSSR count). The minimum absolute atomic E-state index is 0.0295. The fourth-order valence-corrected chi connectivity index (χ4v) is 3.48. The Kier molecular flexibility index (Phi) is 3.80. The smallest absolute Gasteiger partial charge is 0.196 e. The van der Waals surface area contributed by atoms with Crippen LogP contribution < -0.4 is 14.9 Å². The highest BCUT2D eigenvalue weighted by atomic mass is 32.1. The van der Waals surface area contributed by atoms with Gasteiger partial charge >= 0.3 is 0 Å². The third-order valence-corrected chi connectivity index (χ3v) is 4.43. The Morgan fingerprint density at radius 3 is 2.52 bits per heavy atom. The molecule has 1 aromatic heterocycles. The lowest BCUT2D eigenvalue weighted by Crippen LogP contribution is -2.03. The Morgan fingerprint density at radius 2 is 1.76 bits per heavy atom. The van der Waals surface area contributed by atoms with Crippen LogP contribution in [0.15, 0.2) is 41.2 Å². The Balaban J connectivity index is 2.40. The molecular weight excluding hydrogens is 284 g/mol. The highest BCUT2D eigenvalue weighted by Crippen LogP contribution is 2.35. The van der Waals surface area contributed by atoms with Gasteiger partial charge in [0.2, 0.25) is 0 Å². The van der Waals surface area contributed by atoms with Gasteiger partial charge in [0.25, 0.3) is 0 Å². The summed E-state index contributed by atoms with van der Waals surface area (Å²) in [6.07, 6.45) is 0. The molecule has 0 unspecified atom stereocenters. The van der Waals surface area contributed by atoms with Gasteiger partial charge < -0.3 is 9.47 Å². The summed E-state index contributed by atoms with van der Waals surface area (Å²) in [5.41, 5.74) is 0.0295. The van der Waals surface area contributed by atoms with Gasteiger partial charge in [0.1, 0.15) is 11.5 Å². The second-order valence-electron chi connectivity index (χ2n) is 4.59. The topological polar surface area (TPSA) is 35.5 Å². The maximum atomic E-state index is 12.7. The Bertz CT molecular complexity index is 852. The predicted molar refractivity (Wildman–Crippen MR) is 87.9 cm³/mol. The summed E-state index contributed by atoms with van der Waals surface area (Å²) in [5.74, 6) is 1.39. The average molecular weight is 300 g/mol. The molecule has 0 fully saturated rings. The molecule has 21 heavy (non-hydrogen) atoms. The normalized spacial score (nSPS) is 11.0. The molecule has 0 saturated heterocycles. The van der Waals surface area contributed by atoms with Crippen molar-refractivity contribution >= 4 is 31.5 Å². The van der Waals surface area contributed by atoms with Crippen LogP contribution in [0.2, 0.25) is 0 Å². The molecule has 0 bridgehead atoms. The van der Waals surface area contributed by atoms with Crippen molar-refractivity contribution in [1.29, 1.82) is 0 Å². The SMILES string of the molecule is CCOc1cc(OCC)c2sc3ccccc3c(=O)c2c1. The number of hydrogen-bond donors (Lipinski definition) is 0. The zero-order valence-electron chi connectivity index (χ0n) is 12.0. The third kappa shape index (κ3) is 2.47. The van der Waals surface area contributed by atoms with Crippen LogP contribution in [0.25, 0.3) is 20.2 Å². The van der Waals surface area contributed by atoms with E-state index in [1.165, 1.54) is 0 Å². The first kappa shape index (κ1) is 13.9. The molecule has 0 spiro atoms. The summed E-state index contributed by atoms with van der Waals surface area (Å²) in [7, 11) is 0. The van der Waals surface area contributed by atoms with E-state index in [0.29, 0.717) is 30.1 Å². The van der Waals surface area contributed by atoms with Crippen molar-refractivity contribution in [2.24, 2.45) is 0 Å². The summed E-state index contributed by atoms with van der Waals surface area (Å²) < 4.78 is 13.1. The van der Waals surface area contributed by atoms with E-state index in [1.54, 1.807) is 11.3 Å². The van der Waals surface area contributed by atoms with Gasteiger partial charge in [-0.05, 0) is 32.0 Å². The number of rotatable bonds is 4. The maximum Gasteiger partial charge on any atom is 0.196 e. The largest absolute Gasteiger partial charge is 0.494 e. The molecule has 1 heterocycles. The van der Waals surface area contributed by atoms with Crippen LogP contribution >= 0.6 is 11.3 Å². The molecule has 3 aromatic rings. The molecule has 0 aliphatic rings. The molecule has 0 amide bonds. The lowest BCUT2D eigenvalue weighted by atomic mass is 10.1. The summed E-state index contributed by atoms with van der Waals surface area (Å²) in [4.78, 5) is 12.7. The highest BCUT2D eigenvalue weighted by Gasteiger charge is 2.12. The molecule has 0 N–H and O–H groups in total. The summed E-state index contributed by atoms with van der Waals surface area (Å²) in [6.45, 7) is 4.97. The number of benzene rings is 2. The van der Waals surface area contributed by atoms with Crippen molar-refractivity contribution < 1.29 is 9.47 Å². The van der Waals surface area contributed by atoms with E-state index >= 15 is 0 Å². The zero-order valence-corrected chi connectivity index (χ0v) is 12.8. The first-order chi connectivity index (χ1) is 10.2. The summed E-state index contributed by atoms with van der Waals surface area (Å²) in [6, 6.07) is 11.3. The maximum absolute atomic E-state index is 12.7. The van der Waals surface area contributed by atoms with Crippen LogP contribution in [-0.4, -0.2) is 13.2 Å². The molecule has 0 atom stereocenters. The third-order valence-electron chi connectivity index (χ3n) is 3.23. The minimum Gasteiger partial charge on any atom is -0.494 e. The van der Waals surface area contributed by atoms with Crippen LogP contribution in [0, 0.1) is 0 Å². The van der Waals surface area contributed by atoms with E-state index in [2.05, 4.69) is 0 Å². The van der Waals surface area contributed by atoms with Crippen LogP contribution in [0.1, 0.15) is 13.8 Å². The van der Waals surface area contributed by atoms with Gasteiger partial charge in [-0.15, -0.1) is 11.3 Å². The van der Waals surface area contributed by atoms with E-state index in [-0.39, 0.29) is 5.43 Å². The molecule has 3 nitrogen and oxygen atoms in total. The van der Waals surface area contributed by atoms with E-state index < -0.39 is 0 Å². The van der Waals surface area contributed by atoms with Gasteiger partial charge in [-0.2, -0.15) is 0 Å². The van der Waals surface area contributed by atoms with E-state index in [1.807, 2.05) is 50.2 Å². The standard InChI is InChI=1S/C17H16O3S/c1-3-19-11-9-13-16(18)12-7-5-6-8-15(12)21-17(13)14(10-11)20-4-2/h5-10H,3-4H2,1-2H3. The average Bonchev–Trinajstić information content (AvgIpc) is 2.49. The van der Waals surface area contributed by atoms with Crippen LogP contribution in [0.4, 0.5) is 0 Å². The van der Waals surface area contributed by atoms with Crippen molar-refractivity contribution in [2.75, 3.05) is 13.2 Å². The minimum atomic E-state index is 0.0295. The lowest BCUT2D eigenvalue weighted by Gasteiger charge is -2.11. The Morgan fingerprint density at radius 1 is 1.00 bits per heavy atom. The molecule has 0 aliphatic carbocycles. The van der Waals surface area contributed by atoms with Crippen LogP contribution in [-0.2, 0) is 0 Å². The van der Waals surface area contributed by atoms with Gasteiger partial charge in [-0.1, -0.05) is 12.1 Å². The number of hydrogen-bond acceptors (Lipinski definition) is 4. The predicted octanol–water partition coefficient (Wildman–Crippen LogP) is 4.21. The fourth-order valence-electron chi connectivity index (χ4n) is 2.36. The molecule has 108 valence electrons. The Hall–Kier alpha value is -2.07. The zero-order chi connectivity index (χ0) is 14.8. The molecule has 0 saturated carbocycles. The molecular formula is C17H16O3S. The highest BCUT2D eigenvalue weighted by molar-refractivity contribution is 7.24. The van der Waals surface area contributed by atoms with Gasteiger partial charge in [0, 0.05) is 21.5 Å². The van der Waals surface area contributed by atoms with Gasteiger partial charge in [-0.25, -0.2) is 0 Å². The van der Waals surface area contributed by atoms with E-state index in [4.69, 9.17) is 9.47 Å².